The number of carbonyl (C=O) groups is 7. The van der Waals surface area contributed by atoms with Crippen LogP contribution in [0.1, 0.15) is 107 Å². The number of nitrogens with two attached hydrogens (primary N) is 1. The minimum absolute atomic E-state index is 0.0155. The molecule has 534 valence electrons. The summed E-state index contributed by atoms with van der Waals surface area (Å²) in [6.07, 6.45) is -2.32. The number of aromatic hydroxyl groups is 1. The predicted molar refractivity (Wildman–Crippen MR) is 351 cm³/mol. The van der Waals surface area contributed by atoms with Crippen LogP contribution < -0.4 is 41.4 Å². The number of primary amides is 1. The number of nitrogens with zero attached hydrogens (tertiary/aromatic N) is 6. The summed E-state index contributed by atoms with van der Waals surface area (Å²) in [4.78, 5) is 108. The number of β-amino-alcohol motifs (C(OH)–C–C–N with tert-alkyl or cyclic N) is 1. The third kappa shape index (κ3) is 18.3. The average Bonchev–Trinajstić information content (AvgIpc) is 1.64. The van der Waals surface area contributed by atoms with Gasteiger partial charge in [0.15, 0.2) is 11.5 Å². The van der Waals surface area contributed by atoms with E-state index in [1.54, 1.807) is 0 Å². The standard InChI is InChI=1S/C65H88N12O19S2/c1-33-30-77-56(57(33)85)61(89)69-29-42(79)24-45(67-27-35-6-9-39(10-7-35)62-73-74-63(97-62)40-13-11-38(12-14-40)41-15-17-52(68-28-41)75-20-18-44(19-21-75)95-32-36-4-3-5-36)58(86)70-53(34(2)78)64(90)76-31-43(80)25-46(76)59(87)71-54(60(88)72-55(65(77)91)49(83)26-51(66)84)48(82)22-37-8-16-47(81)50(23-37)96-98(92,93)94/h8,11-17,23,28,33-36,39,42-46,48-49,53-57,67,78-83,85H,3-7,9-10,18-22,24-27,29-32H2,1-2H3,(H2,66,84)(H,69,89)(H,70,86)(H,71,87)(H,72,88)(H,92,93,94)/t33-,34+,35?,39?,42+,43+,45-,46-,48+,49+,53-,54-,55-,56-,57-/m0/s1. The Morgan fingerprint density at radius 2 is 1.43 bits per heavy atom. The summed E-state index contributed by atoms with van der Waals surface area (Å²) in [6.45, 7) is 4.05. The number of ether oxygens (including phenoxy) is 1. The third-order valence-corrected chi connectivity index (χ3v) is 21.1. The van der Waals surface area contributed by atoms with Gasteiger partial charge in [0, 0.05) is 81.3 Å². The fourth-order valence-electron chi connectivity index (χ4n) is 13.7. The molecule has 6 aliphatic rings. The van der Waals surface area contributed by atoms with Gasteiger partial charge in [-0.2, -0.15) is 8.42 Å². The molecule has 31 nitrogen and oxygen atoms in total. The highest BCUT2D eigenvalue weighted by Crippen LogP contribution is 2.40. The maximum absolute atomic E-state index is 14.7. The lowest BCUT2D eigenvalue weighted by Crippen LogP contribution is -2.64. The summed E-state index contributed by atoms with van der Waals surface area (Å²) in [5, 5.41) is 102. The summed E-state index contributed by atoms with van der Waals surface area (Å²) in [7, 11) is -5.22. The Balaban J connectivity index is 0.828. The van der Waals surface area contributed by atoms with Gasteiger partial charge in [-0.1, -0.05) is 55.0 Å². The van der Waals surface area contributed by atoms with E-state index in [4.69, 9.17) is 15.5 Å². The Labute approximate surface area is 570 Å². The van der Waals surface area contributed by atoms with Crippen molar-refractivity contribution in [2.24, 2.45) is 23.5 Å². The second kappa shape index (κ2) is 32.2. The second-order valence-electron chi connectivity index (χ2n) is 26.9. The first-order chi connectivity index (χ1) is 46.7. The first kappa shape index (κ1) is 73.2. The van der Waals surface area contributed by atoms with E-state index in [-0.39, 0.29) is 30.5 Å². The van der Waals surface area contributed by atoms with Gasteiger partial charge in [0.2, 0.25) is 41.4 Å². The molecule has 4 aromatic rings. The number of aliphatic hydroxyl groups is 6. The maximum Gasteiger partial charge on any atom is 0.446 e. The van der Waals surface area contributed by atoms with E-state index in [9.17, 15) is 82.3 Å². The number of phenolic OH excluding ortho intramolecular Hbond substituents is 1. The van der Waals surface area contributed by atoms with Gasteiger partial charge >= 0.3 is 10.4 Å². The second-order valence-corrected chi connectivity index (χ2v) is 28.9. The van der Waals surface area contributed by atoms with Crippen LogP contribution in [0, 0.1) is 17.8 Å². The summed E-state index contributed by atoms with van der Waals surface area (Å²) < 4.78 is 43.1. The van der Waals surface area contributed by atoms with E-state index in [1.807, 2.05) is 30.5 Å². The van der Waals surface area contributed by atoms with Gasteiger partial charge in [0.05, 0.1) is 55.2 Å². The monoisotopic (exact) mass is 1400 g/mol. The van der Waals surface area contributed by atoms with Crippen LogP contribution in [0.3, 0.4) is 0 Å². The number of hydrogen-bond acceptors (Lipinski definition) is 24. The Kier molecular flexibility index (Phi) is 24.0. The maximum atomic E-state index is 14.7. The molecular weight excluding hydrogens is 1320 g/mol. The topological polar surface area (TPSA) is 468 Å². The molecule has 2 aliphatic carbocycles. The highest BCUT2D eigenvalue weighted by molar-refractivity contribution is 7.81. The number of anilines is 1. The number of rotatable bonds is 19. The van der Waals surface area contributed by atoms with E-state index in [2.05, 4.69) is 58.0 Å². The molecule has 2 saturated carbocycles. The quantitative estimate of drug-likeness (QED) is 0.0495. The normalized spacial score (nSPS) is 28.6. The fourth-order valence-corrected chi connectivity index (χ4v) is 15.1. The summed E-state index contributed by atoms with van der Waals surface area (Å²) in [5.41, 5.74) is 8.24. The molecule has 2 aromatic carbocycles. The number of phenols is 1. The number of hydrogen-bond donors (Lipinski definition) is 14. The van der Waals surface area contributed by atoms with Gasteiger partial charge in [0.1, 0.15) is 46.0 Å². The van der Waals surface area contributed by atoms with Crippen molar-refractivity contribution < 1.29 is 91.2 Å². The molecule has 0 unspecified atom stereocenters. The number of aromatic nitrogens is 3. The Bertz CT molecular complexity index is 3590. The van der Waals surface area contributed by atoms with Crippen molar-refractivity contribution in [2.45, 2.75) is 182 Å². The zero-order valence-corrected chi connectivity index (χ0v) is 56.0. The van der Waals surface area contributed by atoms with E-state index in [1.165, 1.54) is 44.4 Å². The molecule has 7 amide bonds. The zero-order chi connectivity index (χ0) is 70.3. The lowest BCUT2D eigenvalue weighted by atomic mass is 9.82. The molecule has 0 radical (unpaired) electrons. The number of aliphatic hydroxyl groups excluding tert-OH is 6. The van der Waals surface area contributed by atoms with E-state index in [0.29, 0.717) is 18.9 Å². The van der Waals surface area contributed by atoms with Crippen molar-refractivity contribution in [2.75, 3.05) is 50.8 Å². The van der Waals surface area contributed by atoms with Crippen LogP contribution in [-0.4, -0.2) is 240 Å². The molecule has 6 heterocycles. The lowest BCUT2D eigenvalue weighted by molar-refractivity contribution is -0.147. The van der Waals surface area contributed by atoms with Crippen LogP contribution >= 0.6 is 11.3 Å². The highest BCUT2D eigenvalue weighted by Gasteiger charge is 2.50. The van der Waals surface area contributed by atoms with Gasteiger partial charge in [-0.25, -0.2) is 4.98 Å². The lowest BCUT2D eigenvalue weighted by Gasteiger charge is -2.34. The average molecular weight is 1410 g/mol. The molecule has 2 aromatic heterocycles. The van der Waals surface area contributed by atoms with Crippen molar-refractivity contribution in [1.29, 1.82) is 0 Å². The number of amides is 7. The molecule has 4 aliphatic heterocycles. The molecule has 0 bridgehead atoms. The summed E-state index contributed by atoms with van der Waals surface area (Å²) in [5.74, 6) is -8.87. The van der Waals surface area contributed by atoms with Crippen molar-refractivity contribution in [3.05, 3.63) is 71.4 Å². The molecule has 13 atom stereocenters. The molecular formula is C65H88N12O19S2. The zero-order valence-electron chi connectivity index (χ0n) is 54.4. The number of pyridine rings is 1. The molecule has 98 heavy (non-hydrogen) atoms. The predicted octanol–water partition coefficient (Wildman–Crippen LogP) is -1.10. The fraction of sp³-hybridized carbons (Fsp3) is 0.600. The van der Waals surface area contributed by atoms with Crippen LogP contribution in [0.4, 0.5) is 5.82 Å². The molecule has 0 spiro atoms. The number of carbonyl (C=O) groups excluding carboxylic acids is 7. The van der Waals surface area contributed by atoms with Crippen LogP contribution in [0.15, 0.2) is 60.8 Å². The minimum atomic E-state index is -5.22. The van der Waals surface area contributed by atoms with Crippen LogP contribution in [-0.2, 0) is 55.1 Å². The van der Waals surface area contributed by atoms with Crippen LogP contribution in [0.25, 0.3) is 21.7 Å². The first-order valence-electron chi connectivity index (χ1n) is 33.3. The van der Waals surface area contributed by atoms with Crippen LogP contribution in [0.2, 0.25) is 0 Å². The van der Waals surface area contributed by atoms with Gasteiger partial charge in [-0.05, 0) is 118 Å². The first-order valence-corrected chi connectivity index (χ1v) is 35.5. The minimum Gasteiger partial charge on any atom is -0.504 e. The molecule has 10 rings (SSSR count). The largest absolute Gasteiger partial charge is 0.504 e. The number of fused-ring (bicyclic) bond motifs is 2. The number of piperidine rings is 1. The summed E-state index contributed by atoms with van der Waals surface area (Å²) >= 11 is 1.52. The van der Waals surface area contributed by atoms with Crippen molar-refractivity contribution in [3.8, 4) is 33.2 Å². The molecule has 15 N–H and O–H groups in total. The Morgan fingerprint density at radius 3 is 2.08 bits per heavy atom. The molecule has 6 fully saturated rings. The van der Waals surface area contributed by atoms with Gasteiger partial charge in [-0.15, -0.1) is 10.2 Å². The smallest absolute Gasteiger partial charge is 0.446 e. The van der Waals surface area contributed by atoms with Crippen molar-refractivity contribution in [3.63, 3.8) is 0 Å². The summed E-state index contributed by atoms with van der Waals surface area (Å²) in [6, 6.07) is 4.07. The molecule has 33 heteroatoms. The number of nitrogens with one attached hydrogen (secondary N) is 5. The molecule has 4 saturated heterocycles. The van der Waals surface area contributed by atoms with Crippen LogP contribution in [0.5, 0.6) is 11.5 Å². The SMILES string of the molecule is C[C@@H](O)[C@@H]1NC(=O)[C@@H](NCC2CCC(c3nnc(-c4ccc(-c5ccc(N6CCC(OCC7CCC7)CC6)nc5)cc4)s3)CC2)C[C@@H](O)CNC(=O)[C@@H]2[C@@H](O)[C@@H](C)CN2C(=O)[C@H]([C@H](O)CC(N)=O)NC(=O)[C@H]([C@H](O)Cc2ccc(O)c(OS(=O)(=O)O)c2)NC(=O)[C@@H]2C[C@@H](O)CN2C1=O. The van der Waals surface area contributed by atoms with Crippen molar-refractivity contribution in [1.82, 2.24) is 51.6 Å². The Hall–Kier alpha value is -7.57. The Morgan fingerprint density at radius 1 is 0.755 bits per heavy atom. The third-order valence-electron chi connectivity index (χ3n) is 19.6. The van der Waals surface area contributed by atoms with Gasteiger partial charge in [-0.3, -0.25) is 38.1 Å². The van der Waals surface area contributed by atoms with Gasteiger partial charge in [0.25, 0.3) is 0 Å². The van der Waals surface area contributed by atoms with E-state index >= 15 is 0 Å². The van der Waals surface area contributed by atoms with Gasteiger partial charge < -0.3 is 91.7 Å². The highest BCUT2D eigenvalue weighted by atomic mass is 32.3. The van der Waals surface area contributed by atoms with E-state index < -0.39 is 181 Å². The number of benzene rings is 2. The van der Waals surface area contributed by atoms with Crippen molar-refractivity contribution >= 4 is 68.9 Å². The van der Waals surface area contributed by atoms with E-state index in [0.717, 1.165) is 112 Å².